The summed E-state index contributed by atoms with van der Waals surface area (Å²) in [7, 11) is -1.93. The Bertz CT molecular complexity index is 931. The first-order valence-corrected chi connectivity index (χ1v) is 10.3. The first kappa shape index (κ1) is 19.4. The van der Waals surface area contributed by atoms with Gasteiger partial charge in [-0.05, 0) is 49.7 Å². The van der Waals surface area contributed by atoms with Crippen LogP contribution in [-0.4, -0.2) is 56.8 Å². The molecule has 1 fully saturated rings. The van der Waals surface area contributed by atoms with Gasteiger partial charge in [-0.2, -0.15) is 4.31 Å². The molecule has 0 N–H and O–H groups in total. The lowest BCUT2D eigenvalue weighted by atomic mass is 10.1. The van der Waals surface area contributed by atoms with Gasteiger partial charge in [0, 0.05) is 31.7 Å². The van der Waals surface area contributed by atoms with Crippen LogP contribution in [0.1, 0.15) is 21.5 Å². The lowest BCUT2D eigenvalue weighted by Crippen LogP contribution is -2.50. The molecule has 1 heterocycles. The Hall–Kier alpha value is -2.38. The second kappa shape index (κ2) is 7.70. The van der Waals surface area contributed by atoms with E-state index in [-0.39, 0.29) is 19.0 Å². The zero-order chi connectivity index (χ0) is 19.6. The number of amides is 1. The van der Waals surface area contributed by atoms with E-state index in [1.807, 2.05) is 13.8 Å². The number of hydrogen-bond acceptors (Lipinski definition) is 4. The van der Waals surface area contributed by atoms with Gasteiger partial charge in [-0.15, -0.1) is 0 Å². The molecular weight excluding hydrogens is 364 g/mol. The van der Waals surface area contributed by atoms with Crippen LogP contribution in [0.3, 0.4) is 0 Å². The van der Waals surface area contributed by atoms with Crippen LogP contribution in [0, 0.1) is 13.8 Å². The number of rotatable bonds is 4. The van der Waals surface area contributed by atoms with E-state index in [1.54, 1.807) is 54.5 Å². The van der Waals surface area contributed by atoms with Crippen LogP contribution in [-0.2, 0) is 10.0 Å². The van der Waals surface area contributed by atoms with Gasteiger partial charge in [0.15, 0.2) is 0 Å². The molecule has 0 aliphatic carbocycles. The maximum atomic E-state index is 12.8. The van der Waals surface area contributed by atoms with Gasteiger partial charge < -0.3 is 9.64 Å². The largest absolute Gasteiger partial charge is 0.496 e. The molecule has 27 heavy (non-hydrogen) atoms. The topological polar surface area (TPSA) is 66.9 Å². The smallest absolute Gasteiger partial charge is 0.253 e. The van der Waals surface area contributed by atoms with Gasteiger partial charge >= 0.3 is 0 Å². The fraction of sp³-hybridized carbons (Fsp3) is 0.350. The third-order valence-electron chi connectivity index (χ3n) is 4.83. The summed E-state index contributed by atoms with van der Waals surface area (Å²) in [5, 5.41) is 0. The maximum absolute atomic E-state index is 12.8. The average Bonchev–Trinajstić information content (AvgIpc) is 2.68. The second-order valence-corrected chi connectivity index (χ2v) is 8.63. The third-order valence-corrected chi connectivity index (χ3v) is 6.74. The molecule has 0 spiro atoms. The highest BCUT2D eigenvalue weighted by Crippen LogP contribution is 2.22. The van der Waals surface area contributed by atoms with Crippen molar-refractivity contribution in [1.82, 2.24) is 9.21 Å². The fourth-order valence-corrected chi connectivity index (χ4v) is 4.61. The van der Waals surface area contributed by atoms with E-state index in [2.05, 4.69) is 0 Å². The molecule has 7 heteroatoms. The molecule has 1 aliphatic rings. The summed E-state index contributed by atoms with van der Waals surface area (Å²) in [5.41, 5.74) is 2.49. The van der Waals surface area contributed by atoms with Gasteiger partial charge in [-0.25, -0.2) is 8.42 Å². The van der Waals surface area contributed by atoms with Crippen molar-refractivity contribution in [2.24, 2.45) is 0 Å². The van der Waals surface area contributed by atoms with Gasteiger partial charge in [0.1, 0.15) is 5.75 Å². The Morgan fingerprint density at radius 1 is 0.963 bits per heavy atom. The van der Waals surface area contributed by atoms with E-state index in [4.69, 9.17) is 4.74 Å². The Morgan fingerprint density at radius 3 is 2.15 bits per heavy atom. The molecule has 0 radical (unpaired) electrons. The van der Waals surface area contributed by atoms with E-state index in [1.165, 1.54) is 4.31 Å². The molecule has 0 aromatic heterocycles. The molecule has 6 nitrogen and oxygen atoms in total. The van der Waals surface area contributed by atoms with E-state index >= 15 is 0 Å². The van der Waals surface area contributed by atoms with Crippen LogP contribution in [0.15, 0.2) is 47.4 Å². The van der Waals surface area contributed by atoms with Crippen molar-refractivity contribution in [2.45, 2.75) is 18.7 Å². The first-order valence-electron chi connectivity index (χ1n) is 8.83. The molecule has 1 saturated heterocycles. The van der Waals surface area contributed by atoms with Crippen LogP contribution >= 0.6 is 0 Å². The Kier molecular flexibility index (Phi) is 5.53. The summed E-state index contributed by atoms with van der Waals surface area (Å²) >= 11 is 0. The van der Waals surface area contributed by atoms with Crippen molar-refractivity contribution in [1.29, 1.82) is 0 Å². The number of hydrogen-bond donors (Lipinski definition) is 0. The predicted octanol–water partition coefficient (Wildman–Crippen LogP) is 2.46. The molecule has 144 valence electrons. The fourth-order valence-electron chi connectivity index (χ4n) is 3.18. The molecule has 0 saturated carbocycles. The molecule has 1 amide bonds. The number of carbonyl (C=O) groups is 1. The number of sulfonamides is 1. The van der Waals surface area contributed by atoms with Crippen molar-refractivity contribution in [3.8, 4) is 5.75 Å². The number of ether oxygens (including phenoxy) is 1. The van der Waals surface area contributed by atoms with Gasteiger partial charge in [0.05, 0.1) is 12.0 Å². The minimum absolute atomic E-state index is 0.0897. The molecule has 0 unspecified atom stereocenters. The third kappa shape index (κ3) is 3.99. The quantitative estimate of drug-likeness (QED) is 0.807. The van der Waals surface area contributed by atoms with Crippen molar-refractivity contribution in [3.63, 3.8) is 0 Å². The number of nitrogens with zero attached hydrogens (tertiary/aromatic N) is 2. The number of carbonyl (C=O) groups excluding carboxylic acids is 1. The normalized spacial score (nSPS) is 15.6. The van der Waals surface area contributed by atoms with E-state index in [0.717, 1.165) is 16.9 Å². The van der Waals surface area contributed by atoms with Crippen molar-refractivity contribution in [2.75, 3.05) is 33.3 Å². The summed E-state index contributed by atoms with van der Waals surface area (Å²) in [6.45, 7) is 5.13. The molecule has 1 aliphatic heterocycles. The number of aryl methyl sites for hydroxylation is 2. The number of benzene rings is 2. The van der Waals surface area contributed by atoms with Crippen molar-refractivity contribution in [3.05, 3.63) is 59.2 Å². The highest BCUT2D eigenvalue weighted by molar-refractivity contribution is 7.89. The zero-order valence-corrected chi connectivity index (χ0v) is 16.6. The van der Waals surface area contributed by atoms with Crippen LogP contribution in [0.25, 0.3) is 0 Å². The van der Waals surface area contributed by atoms with Crippen LogP contribution < -0.4 is 4.74 Å². The van der Waals surface area contributed by atoms with Gasteiger partial charge in [-0.1, -0.05) is 17.7 Å². The highest BCUT2D eigenvalue weighted by Gasteiger charge is 2.30. The molecule has 2 aromatic rings. The lowest BCUT2D eigenvalue weighted by Gasteiger charge is -2.34. The van der Waals surface area contributed by atoms with E-state index in [0.29, 0.717) is 23.5 Å². The van der Waals surface area contributed by atoms with Crippen LogP contribution in [0.5, 0.6) is 5.75 Å². The molecule has 2 aromatic carbocycles. The van der Waals surface area contributed by atoms with Crippen molar-refractivity contribution >= 4 is 15.9 Å². The monoisotopic (exact) mass is 388 g/mol. The van der Waals surface area contributed by atoms with E-state index < -0.39 is 10.0 Å². The zero-order valence-electron chi connectivity index (χ0n) is 15.8. The standard InChI is InChI=1S/C20H24N2O4S/c1-15-4-7-18(8-5-15)27(24,25)22-12-10-21(11-13-22)20(23)17-6-9-19(26-3)16(2)14-17/h4-9,14H,10-13H2,1-3H3. The van der Waals surface area contributed by atoms with Crippen molar-refractivity contribution < 1.29 is 17.9 Å². The summed E-state index contributed by atoms with van der Waals surface area (Å²) in [5.74, 6) is 0.647. The Balaban J connectivity index is 1.68. The summed E-state index contributed by atoms with van der Waals surface area (Å²) in [4.78, 5) is 14.7. The SMILES string of the molecule is COc1ccc(C(=O)N2CCN(S(=O)(=O)c3ccc(C)cc3)CC2)cc1C. The first-order chi connectivity index (χ1) is 12.8. The average molecular weight is 388 g/mol. The minimum atomic E-state index is -3.53. The minimum Gasteiger partial charge on any atom is -0.496 e. The number of methoxy groups -OCH3 is 1. The van der Waals surface area contributed by atoms with Crippen LogP contribution in [0.4, 0.5) is 0 Å². The summed E-state index contributed by atoms with van der Waals surface area (Å²) < 4.78 is 32.2. The Labute approximate surface area is 160 Å². The summed E-state index contributed by atoms with van der Waals surface area (Å²) in [6, 6.07) is 12.2. The molecule has 0 atom stereocenters. The predicted molar refractivity (Wildman–Crippen MR) is 104 cm³/mol. The maximum Gasteiger partial charge on any atom is 0.253 e. The molecular formula is C20H24N2O4S. The summed E-state index contributed by atoms with van der Waals surface area (Å²) in [6.07, 6.45) is 0. The van der Waals surface area contributed by atoms with Crippen LogP contribution in [0.2, 0.25) is 0 Å². The van der Waals surface area contributed by atoms with Gasteiger partial charge in [-0.3, -0.25) is 4.79 Å². The number of piperazine rings is 1. The Morgan fingerprint density at radius 2 is 1.59 bits per heavy atom. The highest BCUT2D eigenvalue weighted by atomic mass is 32.2. The molecule has 0 bridgehead atoms. The lowest BCUT2D eigenvalue weighted by molar-refractivity contribution is 0.0697. The van der Waals surface area contributed by atoms with Gasteiger partial charge in [0.2, 0.25) is 10.0 Å². The van der Waals surface area contributed by atoms with E-state index in [9.17, 15) is 13.2 Å². The second-order valence-electron chi connectivity index (χ2n) is 6.69. The van der Waals surface area contributed by atoms with Gasteiger partial charge in [0.25, 0.3) is 5.91 Å². The molecule has 3 rings (SSSR count).